The molecule has 2 heterocycles. The van der Waals surface area contributed by atoms with Gasteiger partial charge in [-0.15, -0.1) is 0 Å². The zero-order valence-electron chi connectivity index (χ0n) is 18.5. The van der Waals surface area contributed by atoms with E-state index in [2.05, 4.69) is 25.4 Å². The standard InChI is InChI=1S/C25H25F2N5O2/c26-19-7-9-20(10-8-19)31-12-14-32(15-13-31)23(18-4-3-11-28-16-18)17-29-24(33)25(34)30-22-6-2-1-5-21(22)27/h1-11,16,23H,12-15,17H2,(H,29,33)(H,30,34). The smallest absolute Gasteiger partial charge is 0.313 e. The number of nitrogens with zero attached hydrogens (tertiary/aromatic N) is 3. The van der Waals surface area contributed by atoms with Gasteiger partial charge in [-0.1, -0.05) is 18.2 Å². The van der Waals surface area contributed by atoms with E-state index < -0.39 is 17.6 Å². The summed E-state index contributed by atoms with van der Waals surface area (Å²) in [6.45, 7) is 3.04. The molecule has 0 radical (unpaired) electrons. The fraction of sp³-hybridized carbons (Fsp3) is 0.240. The average Bonchev–Trinajstić information content (AvgIpc) is 2.87. The highest BCUT2D eigenvalue weighted by molar-refractivity contribution is 6.39. The van der Waals surface area contributed by atoms with Gasteiger partial charge in [0.1, 0.15) is 11.6 Å². The fourth-order valence-electron chi connectivity index (χ4n) is 3.99. The van der Waals surface area contributed by atoms with Crippen LogP contribution in [-0.4, -0.2) is 54.4 Å². The van der Waals surface area contributed by atoms with Crippen molar-refractivity contribution in [2.75, 3.05) is 42.9 Å². The minimum Gasteiger partial charge on any atom is -0.369 e. The number of hydrogen-bond acceptors (Lipinski definition) is 5. The van der Waals surface area contributed by atoms with Crippen molar-refractivity contribution in [1.29, 1.82) is 0 Å². The number of anilines is 2. The van der Waals surface area contributed by atoms with E-state index in [1.54, 1.807) is 30.6 Å². The van der Waals surface area contributed by atoms with Gasteiger partial charge in [0.15, 0.2) is 0 Å². The quantitative estimate of drug-likeness (QED) is 0.548. The number of halogens is 2. The fourth-order valence-corrected chi connectivity index (χ4v) is 3.99. The molecule has 9 heteroatoms. The van der Waals surface area contributed by atoms with Crippen molar-refractivity contribution in [2.45, 2.75) is 6.04 Å². The molecule has 0 saturated carbocycles. The topological polar surface area (TPSA) is 77.6 Å². The van der Waals surface area contributed by atoms with Crippen LogP contribution in [0.15, 0.2) is 73.1 Å². The molecule has 2 N–H and O–H groups in total. The maximum absolute atomic E-state index is 13.8. The maximum atomic E-state index is 13.8. The molecular weight excluding hydrogens is 440 g/mol. The molecule has 1 aliphatic heterocycles. The number of para-hydroxylation sites is 1. The Morgan fingerprint density at radius 3 is 2.32 bits per heavy atom. The van der Waals surface area contributed by atoms with Crippen LogP contribution in [0.5, 0.6) is 0 Å². The van der Waals surface area contributed by atoms with Gasteiger partial charge in [0.25, 0.3) is 0 Å². The van der Waals surface area contributed by atoms with Crippen molar-refractivity contribution in [2.24, 2.45) is 0 Å². The molecule has 7 nitrogen and oxygen atoms in total. The number of hydrogen-bond donors (Lipinski definition) is 2. The molecule has 1 aliphatic rings. The summed E-state index contributed by atoms with van der Waals surface area (Å²) in [5.74, 6) is -2.66. The Morgan fingerprint density at radius 1 is 0.912 bits per heavy atom. The molecule has 2 amide bonds. The highest BCUT2D eigenvalue weighted by atomic mass is 19.1. The Hall–Kier alpha value is -3.85. The lowest BCUT2D eigenvalue weighted by atomic mass is 10.1. The third kappa shape index (κ3) is 5.74. The van der Waals surface area contributed by atoms with Crippen LogP contribution in [0.3, 0.4) is 0 Å². The first kappa shape index (κ1) is 23.3. The monoisotopic (exact) mass is 465 g/mol. The molecule has 4 rings (SSSR count). The van der Waals surface area contributed by atoms with Gasteiger partial charge in [-0.2, -0.15) is 0 Å². The van der Waals surface area contributed by atoms with Crippen LogP contribution in [0.2, 0.25) is 0 Å². The second kappa shape index (κ2) is 10.8. The second-order valence-corrected chi connectivity index (χ2v) is 7.95. The van der Waals surface area contributed by atoms with Crippen LogP contribution >= 0.6 is 0 Å². The first-order valence-corrected chi connectivity index (χ1v) is 11.0. The number of amides is 2. The molecule has 1 unspecified atom stereocenters. The molecule has 0 spiro atoms. The van der Waals surface area contributed by atoms with E-state index in [1.165, 1.54) is 30.3 Å². The Labute approximate surface area is 196 Å². The molecule has 1 saturated heterocycles. The Bertz CT molecular complexity index is 1120. The van der Waals surface area contributed by atoms with Crippen molar-refractivity contribution in [3.8, 4) is 0 Å². The van der Waals surface area contributed by atoms with Gasteiger partial charge >= 0.3 is 11.8 Å². The number of carbonyl (C=O) groups is 2. The summed E-state index contributed by atoms with van der Waals surface area (Å²) in [5.41, 5.74) is 1.81. The Kier molecular flexibility index (Phi) is 7.44. The van der Waals surface area contributed by atoms with Crippen molar-refractivity contribution in [1.82, 2.24) is 15.2 Å². The Morgan fingerprint density at radius 2 is 1.65 bits per heavy atom. The zero-order valence-corrected chi connectivity index (χ0v) is 18.5. The highest BCUT2D eigenvalue weighted by Crippen LogP contribution is 2.24. The third-order valence-corrected chi connectivity index (χ3v) is 5.80. The van der Waals surface area contributed by atoms with Gasteiger partial charge < -0.3 is 15.5 Å². The van der Waals surface area contributed by atoms with Crippen LogP contribution in [0.1, 0.15) is 11.6 Å². The number of aromatic nitrogens is 1. The maximum Gasteiger partial charge on any atom is 0.313 e. The van der Waals surface area contributed by atoms with Crippen molar-refractivity contribution >= 4 is 23.2 Å². The summed E-state index contributed by atoms with van der Waals surface area (Å²) in [6, 6.07) is 15.6. The van der Waals surface area contributed by atoms with Crippen LogP contribution in [0, 0.1) is 11.6 Å². The van der Waals surface area contributed by atoms with E-state index >= 15 is 0 Å². The van der Waals surface area contributed by atoms with Gasteiger partial charge in [-0.05, 0) is 48.0 Å². The number of piperazine rings is 1. The molecule has 176 valence electrons. The van der Waals surface area contributed by atoms with E-state index in [9.17, 15) is 18.4 Å². The van der Waals surface area contributed by atoms with E-state index in [0.29, 0.717) is 13.1 Å². The summed E-state index contributed by atoms with van der Waals surface area (Å²) in [5, 5.41) is 4.96. The van der Waals surface area contributed by atoms with Gasteiger partial charge in [-0.3, -0.25) is 19.5 Å². The lowest BCUT2D eigenvalue weighted by Crippen LogP contribution is -2.50. The molecule has 3 aromatic rings. The molecule has 0 aliphatic carbocycles. The first-order chi connectivity index (χ1) is 16.5. The summed E-state index contributed by atoms with van der Waals surface area (Å²) in [7, 11) is 0. The minimum atomic E-state index is -0.934. The number of rotatable bonds is 6. The van der Waals surface area contributed by atoms with Gasteiger partial charge in [0.05, 0.1) is 11.7 Å². The van der Waals surface area contributed by atoms with Gasteiger partial charge in [0, 0.05) is 50.8 Å². The molecule has 2 aromatic carbocycles. The highest BCUT2D eigenvalue weighted by Gasteiger charge is 2.27. The van der Waals surface area contributed by atoms with Crippen molar-refractivity contribution in [3.63, 3.8) is 0 Å². The summed E-state index contributed by atoms with van der Waals surface area (Å²) < 4.78 is 27.0. The number of benzene rings is 2. The minimum absolute atomic E-state index is 0.0524. The van der Waals surface area contributed by atoms with Crippen molar-refractivity contribution in [3.05, 3.63) is 90.3 Å². The largest absolute Gasteiger partial charge is 0.369 e. The SMILES string of the molecule is O=C(NCC(c1cccnc1)N1CCN(c2ccc(F)cc2)CC1)C(=O)Nc1ccccc1F. The molecule has 1 fully saturated rings. The van der Waals surface area contributed by atoms with Gasteiger partial charge in [0.2, 0.25) is 0 Å². The molecule has 0 bridgehead atoms. The number of pyridine rings is 1. The lowest BCUT2D eigenvalue weighted by molar-refractivity contribution is -0.136. The predicted molar refractivity (Wildman–Crippen MR) is 125 cm³/mol. The van der Waals surface area contributed by atoms with E-state index in [0.717, 1.165) is 24.3 Å². The molecule has 1 aromatic heterocycles. The van der Waals surface area contributed by atoms with Crippen molar-refractivity contribution < 1.29 is 18.4 Å². The predicted octanol–water partition coefficient (Wildman–Crippen LogP) is 2.98. The van der Waals surface area contributed by atoms with Crippen LogP contribution in [-0.2, 0) is 9.59 Å². The molecule has 1 atom stereocenters. The Balaban J connectivity index is 1.39. The van der Waals surface area contributed by atoms with Crippen LogP contribution < -0.4 is 15.5 Å². The average molecular weight is 466 g/mol. The first-order valence-electron chi connectivity index (χ1n) is 11.0. The zero-order chi connectivity index (χ0) is 23.9. The van der Waals surface area contributed by atoms with Crippen LogP contribution in [0.25, 0.3) is 0 Å². The van der Waals surface area contributed by atoms with E-state index in [-0.39, 0.29) is 24.1 Å². The summed E-state index contributed by atoms with van der Waals surface area (Å²) in [4.78, 5) is 33.3. The van der Waals surface area contributed by atoms with Gasteiger partial charge in [-0.25, -0.2) is 8.78 Å². The van der Waals surface area contributed by atoms with Crippen LogP contribution in [0.4, 0.5) is 20.2 Å². The van der Waals surface area contributed by atoms with E-state index in [1.807, 2.05) is 12.1 Å². The molecule has 34 heavy (non-hydrogen) atoms. The summed E-state index contributed by atoms with van der Waals surface area (Å²) in [6.07, 6.45) is 3.41. The lowest BCUT2D eigenvalue weighted by Gasteiger charge is -2.40. The summed E-state index contributed by atoms with van der Waals surface area (Å²) >= 11 is 0. The second-order valence-electron chi connectivity index (χ2n) is 7.95. The van der Waals surface area contributed by atoms with E-state index in [4.69, 9.17) is 0 Å². The molecular formula is C25H25F2N5O2. The number of nitrogens with one attached hydrogen (secondary N) is 2. The third-order valence-electron chi connectivity index (χ3n) is 5.80. The normalized spacial score (nSPS) is 14.9. The number of carbonyl (C=O) groups excluding carboxylic acids is 2.